The summed E-state index contributed by atoms with van der Waals surface area (Å²) in [6.07, 6.45) is 2.60. The van der Waals surface area contributed by atoms with Crippen LogP contribution in [0.15, 0.2) is 66.2 Å². The highest BCUT2D eigenvalue weighted by Gasteiger charge is 2.15. The zero-order chi connectivity index (χ0) is 23.1. The molecule has 3 aromatic rings. The van der Waals surface area contributed by atoms with Gasteiger partial charge in [0.25, 0.3) is 11.8 Å². The lowest BCUT2D eigenvalue weighted by atomic mass is 10.1. The van der Waals surface area contributed by atoms with Crippen LogP contribution in [-0.4, -0.2) is 16.4 Å². The molecule has 1 heterocycles. The average molecular weight is 427 g/mol. The second-order valence-electron chi connectivity index (χ2n) is 7.47. The molecule has 2 N–H and O–H groups in total. The normalized spacial score (nSPS) is 11.0. The number of hydrogen-bond acceptors (Lipinski definition) is 3. The van der Waals surface area contributed by atoms with E-state index in [0.29, 0.717) is 16.9 Å². The zero-order valence-corrected chi connectivity index (χ0v) is 18.5. The van der Waals surface area contributed by atoms with Crippen molar-refractivity contribution in [1.29, 1.82) is 5.26 Å². The van der Waals surface area contributed by atoms with E-state index in [9.17, 15) is 14.9 Å². The first kappa shape index (κ1) is 22.6. The third-order valence-electron chi connectivity index (χ3n) is 5.18. The monoisotopic (exact) mass is 426 g/mol. The summed E-state index contributed by atoms with van der Waals surface area (Å²) in [4.78, 5) is 25.4. The molecule has 1 aromatic heterocycles. The first-order valence-corrected chi connectivity index (χ1v) is 10.5. The maximum Gasteiger partial charge on any atom is 0.266 e. The van der Waals surface area contributed by atoms with Crippen molar-refractivity contribution in [3.63, 3.8) is 0 Å². The summed E-state index contributed by atoms with van der Waals surface area (Å²) in [6, 6.07) is 19.7. The minimum atomic E-state index is -0.533. The van der Waals surface area contributed by atoms with E-state index in [1.54, 1.807) is 54.6 Å². The molecule has 0 saturated heterocycles. The number of nitrogens with zero attached hydrogens (tertiary/aromatic N) is 2. The van der Waals surface area contributed by atoms with Crippen molar-refractivity contribution >= 4 is 29.3 Å². The van der Waals surface area contributed by atoms with Gasteiger partial charge in [0.1, 0.15) is 11.6 Å². The van der Waals surface area contributed by atoms with Crippen LogP contribution in [0, 0.1) is 25.2 Å². The fourth-order valence-corrected chi connectivity index (χ4v) is 3.52. The Hall–Kier alpha value is -4.11. The molecule has 6 nitrogen and oxygen atoms in total. The van der Waals surface area contributed by atoms with Crippen LogP contribution in [0.1, 0.15) is 40.7 Å². The predicted octanol–water partition coefficient (Wildman–Crippen LogP) is 5.31. The van der Waals surface area contributed by atoms with Crippen LogP contribution in [-0.2, 0) is 11.3 Å². The highest BCUT2D eigenvalue weighted by molar-refractivity contribution is 6.12. The Morgan fingerprint density at radius 3 is 2.25 bits per heavy atom. The zero-order valence-electron chi connectivity index (χ0n) is 18.5. The number of carbonyl (C=O) groups excluding carboxylic acids is 2. The van der Waals surface area contributed by atoms with Gasteiger partial charge in [0.15, 0.2) is 0 Å². The van der Waals surface area contributed by atoms with Crippen LogP contribution in [0.4, 0.5) is 11.4 Å². The SMILES string of the molecule is CCCn1c(C)cc(/C=C(/C#N)C(=O)Nc2ccccc2NC(=O)c2ccccc2)c1C. The first-order valence-electron chi connectivity index (χ1n) is 10.5. The molecule has 2 amide bonds. The molecule has 0 aliphatic carbocycles. The average Bonchev–Trinajstić information content (AvgIpc) is 3.06. The Bertz CT molecular complexity index is 1200. The number of carbonyl (C=O) groups is 2. The van der Waals surface area contributed by atoms with Gasteiger partial charge in [-0.1, -0.05) is 37.3 Å². The number of hydrogen-bond donors (Lipinski definition) is 2. The fraction of sp³-hybridized carbons (Fsp3) is 0.192. The molecule has 0 aliphatic rings. The van der Waals surface area contributed by atoms with E-state index in [4.69, 9.17) is 0 Å². The number of para-hydroxylation sites is 2. The van der Waals surface area contributed by atoms with Crippen molar-refractivity contribution in [1.82, 2.24) is 4.57 Å². The fourth-order valence-electron chi connectivity index (χ4n) is 3.52. The standard InChI is InChI=1S/C26H26N4O2/c1-4-14-30-18(2)15-21(19(30)3)16-22(17-27)26(32)29-24-13-9-8-12-23(24)28-25(31)20-10-6-5-7-11-20/h5-13,15-16H,4,14H2,1-3H3,(H,28,31)(H,29,32)/b22-16-. The summed E-state index contributed by atoms with van der Waals surface area (Å²) in [7, 11) is 0. The second kappa shape index (κ2) is 10.3. The number of amides is 2. The topological polar surface area (TPSA) is 86.9 Å². The van der Waals surface area contributed by atoms with Crippen LogP contribution in [0.3, 0.4) is 0 Å². The Morgan fingerprint density at radius 2 is 1.62 bits per heavy atom. The van der Waals surface area contributed by atoms with Gasteiger partial charge in [0.2, 0.25) is 0 Å². The molecular weight excluding hydrogens is 400 g/mol. The largest absolute Gasteiger partial charge is 0.349 e. The molecule has 0 radical (unpaired) electrons. The molecule has 0 atom stereocenters. The predicted molar refractivity (Wildman–Crippen MR) is 127 cm³/mol. The molecule has 32 heavy (non-hydrogen) atoms. The van der Waals surface area contributed by atoms with Gasteiger partial charge < -0.3 is 15.2 Å². The third kappa shape index (κ3) is 5.13. The molecule has 6 heteroatoms. The maximum absolute atomic E-state index is 12.9. The van der Waals surface area contributed by atoms with Gasteiger partial charge in [-0.05, 0) is 62.2 Å². The van der Waals surface area contributed by atoms with E-state index in [1.165, 1.54) is 0 Å². The molecule has 2 aromatic carbocycles. The van der Waals surface area contributed by atoms with Crippen LogP contribution in [0.25, 0.3) is 6.08 Å². The van der Waals surface area contributed by atoms with E-state index in [1.807, 2.05) is 32.0 Å². The van der Waals surface area contributed by atoms with Crippen molar-refractivity contribution < 1.29 is 9.59 Å². The highest BCUT2D eigenvalue weighted by atomic mass is 16.2. The van der Waals surface area contributed by atoms with Crippen molar-refractivity contribution in [3.8, 4) is 6.07 Å². The minimum absolute atomic E-state index is 0.00839. The smallest absolute Gasteiger partial charge is 0.266 e. The van der Waals surface area contributed by atoms with E-state index < -0.39 is 5.91 Å². The van der Waals surface area contributed by atoms with E-state index >= 15 is 0 Å². The number of benzene rings is 2. The Labute approximate surface area is 188 Å². The Kier molecular flexibility index (Phi) is 7.25. The van der Waals surface area contributed by atoms with Gasteiger partial charge in [-0.3, -0.25) is 9.59 Å². The van der Waals surface area contributed by atoms with Crippen LogP contribution in [0.5, 0.6) is 0 Å². The molecule has 0 aliphatic heterocycles. The summed E-state index contributed by atoms with van der Waals surface area (Å²) < 4.78 is 2.17. The number of rotatable bonds is 7. The molecule has 0 fully saturated rings. The summed E-state index contributed by atoms with van der Waals surface area (Å²) in [5.41, 5.74) is 4.31. The number of nitriles is 1. The second-order valence-corrected chi connectivity index (χ2v) is 7.47. The van der Waals surface area contributed by atoms with E-state index in [2.05, 4.69) is 22.1 Å². The molecule has 0 bridgehead atoms. The van der Waals surface area contributed by atoms with Crippen molar-refractivity contribution in [3.05, 3.63) is 88.8 Å². The number of anilines is 2. The third-order valence-corrected chi connectivity index (χ3v) is 5.18. The van der Waals surface area contributed by atoms with E-state index in [0.717, 1.165) is 29.9 Å². The van der Waals surface area contributed by atoms with Crippen molar-refractivity contribution in [2.24, 2.45) is 0 Å². The van der Waals surface area contributed by atoms with Gasteiger partial charge in [-0.15, -0.1) is 0 Å². The van der Waals surface area contributed by atoms with Gasteiger partial charge >= 0.3 is 0 Å². The lowest BCUT2D eigenvalue weighted by Gasteiger charge is -2.12. The summed E-state index contributed by atoms with van der Waals surface area (Å²) in [5, 5.41) is 15.2. The lowest BCUT2D eigenvalue weighted by molar-refractivity contribution is -0.112. The first-order chi connectivity index (χ1) is 15.4. The molecule has 0 unspecified atom stereocenters. The number of aryl methyl sites for hydroxylation is 1. The van der Waals surface area contributed by atoms with Gasteiger partial charge in [-0.2, -0.15) is 5.26 Å². The molecule has 162 valence electrons. The quantitative estimate of drug-likeness (QED) is 0.396. The summed E-state index contributed by atoms with van der Waals surface area (Å²) in [6.45, 7) is 6.98. The maximum atomic E-state index is 12.9. The van der Waals surface area contributed by atoms with Crippen molar-refractivity contribution in [2.45, 2.75) is 33.7 Å². The number of nitrogens with one attached hydrogen (secondary N) is 2. The molecular formula is C26H26N4O2. The minimum Gasteiger partial charge on any atom is -0.349 e. The summed E-state index contributed by atoms with van der Waals surface area (Å²) in [5.74, 6) is -0.819. The molecule has 0 saturated carbocycles. The molecule has 3 rings (SSSR count). The van der Waals surface area contributed by atoms with E-state index in [-0.39, 0.29) is 11.5 Å². The van der Waals surface area contributed by atoms with Crippen molar-refractivity contribution in [2.75, 3.05) is 10.6 Å². The van der Waals surface area contributed by atoms with Crippen LogP contribution in [0.2, 0.25) is 0 Å². The van der Waals surface area contributed by atoms with Gasteiger partial charge in [-0.25, -0.2) is 0 Å². The van der Waals surface area contributed by atoms with Gasteiger partial charge in [0, 0.05) is 23.5 Å². The highest BCUT2D eigenvalue weighted by Crippen LogP contribution is 2.24. The number of aromatic nitrogens is 1. The Balaban J connectivity index is 1.82. The lowest BCUT2D eigenvalue weighted by Crippen LogP contribution is -2.17. The van der Waals surface area contributed by atoms with Gasteiger partial charge in [0.05, 0.1) is 11.4 Å². The van der Waals surface area contributed by atoms with Crippen LogP contribution >= 0.6 is 0 Å². The van der Waals surface area contributed by atoms with Crippen LogP contribution < -0.4 is 10.6 Å². The Morgan fingerprint density at radius 1 is 1.00 bits per heavy atom. The summed E-state index contributed by atoms with van der Waals surface area (Å²) >= 11 is 0. The molecule has 0 spiro atoms.